The van der Waals surface area contributed by atoms with Crippen molar-refractivity contribution in [2.45, 2.75) is 36.5 Å². The molecule has 1 N–H and O–H groups in total. The summed E-state index contributed by atoms with van der Waals surface area (Å²) >= 11 is 0. The molecular weight excluding hydrogens is 404 g/mol. The van der Waals surface area contributed by atoms with Crippen LogP contribution in [0.15, 0.2) is 45.8 Å². The van der Waals surface area contributed by atoms with Crippen molar-refractivity contribution < 1.29 is 22.4 Å². The lowest BCUT2D eigenvalue weighted by molar-refractivity contribution is 0.373. The maximum Gasteiger partial charge on any atom is 0.270 e. The molecular formula is C22H22N2O5S. The van der Waals surface area contributed by atoms with Gasteiger partial charge in [-0.3, -0.25) is 4.72 Å². The lowest BCUT2D eigenvalue weighted by atomic mass is 9.79. The fourth-order valence-electron chi connectivity index (χ4n) is 4.36. The van der Waals surface area contributed by atoms with Crippen molar-refractivity contribution in [3.63, 3.8) is 0 Å². The lowest BCUT2D eigenvalue weighted by Gasteiger charge is -2.24. The predicted molar refractivity (Wildman–Crippen MR) is 112 cm³/mol. The average molecular weight is 426 g/mol. The zero-order chi connectivity index (χ0) is 21.1. The number of methoxy groups -OCH3 is 2. The number of nitrogens with zero attached hydrogens (tertiary/aromatic N) is 1. The molecule has 2 aliphatic carbocycles. The van der Waals surface area contributed by atoms with E-state index in [-0.39, 0.29) is 27.6 Å². The van der Waals surface area contributed by atoms with E-state index < -0.39 is 10.0 Å². The third-order valence-corrected chi connectivity index (χ3v) is 7.43. The van der Waals surface area contributed by atoms with Gasteiger partial charge in [0, 0.05) is 16.5 Å². The standard InChI is InChI=1S/C22H22N2O5S/c1-13-7-8-16-14(11-13)19-15(12-22(16)9-10-22)21(23-29-19)24-30(25,26)20-17(27-2)5-4-6-18(20)28-3/h4-8,11H,9-10,12H2,1-3H3,(H,23,24). The number of ether oxygens (including phenoxy) is 2. The minimum Gasteiger partial charge on any atom is -0.495 e. The van der Waals surface area contributed by atoms with Crippen LogP contribution in [-0.2, 0) is 21.9 Å². The maximum absolute atomic E-state index is 13.3. The van der Waals surface area contributed by atoms with Gasteiger partial charge in [0.1, 0.15) is 11.5 Å². The SMILES string of the molecule is COc1cccc(OC)c1S(=O)(=O)Nc1noc2c1CC1(CC1)c1ccc(C)cc1-2. The molecule has 1 spiro atoms. The van der Waals surface area contributed by atoms with E-state index >= 15 is 0 Å². The van der Waals surface area contributed by atoms with Gasteiger partial charge in [0.15, 0.2) is 16.5 Å². The van der Waals surface area contributed by atoms with Crippen molar-refractivity contribution in [1.82, 2.24) is 5.16 Å². The molecule has 156 valence electrons. The summed E-state index contributed by atoms with van der Waals surface area (Å²) in [6.45, 7) is 2.03. The molecule has 0 radical (unpaired) electrons. The summed E-state index contributed by atoms with van der Waals surface area (Å²) in [5, 5.41) is 4.09. The van der Waals surface area contributed by atoms with Crippen LogP contribution in [0.4, 0.5) is 5.82 Å². The Morgan fingerprint density at radius 3 is 2.43 bits per heavy atom. The van der Waals surface area contributed by atoms with E-state index in [1.807, 2.05) is 6.92 Å². The van der Waals surface area contributed by atoms with E-state index in [2.05, 4.69) is 28.1 Å². The summed E-state index contributed by atoms with van der Waals surface area (Å²) in [5.74, 6) is 1.24. The Morgan fingerprint density at radius 1 is 1.10 bits per heavy atom. The smallest absolute Gasteiger partial charge is 0.270 e. The summed E-state index contributed by atoms with van der Waals surface area (Å²) in [4.78, 5) is -0.0695. The Bertz CT molecular complexity index is 1240. The maximum atomic E-state index is 13.3. The topological polar surface area (TPSA) is 90.7 Å². The van der Waals surface area contributed by atoms with Gasteiger partial charge in [-0.15, -0.1) is 0 Å². The molecule has 1 fully saturated rings. The first kappa shape index (κ1) is 19.0. The molecule has 8 heteroatoms. The molecule has 3 aromatic rings. The van der Waals surface area contributed by atoms with Crippen LogP contribution in [0.2, 0.25) is 0 Å². The van der Waals surface area contributed by atoms with Crippen molar-refractivity contribution in [3.05, 3.63) is 53.1 Å². The number of rotatable bonds is 5. The van der Waals surface area contributed by atoms with Crippen LogP contribution in [0.1, 0.15) is 29.5 Å². The number of sulfonamides is 1. The van der Waals surface area contributed by atoms with Crippen LogP contribution < -0.4 is 14.2 Å². The molecule has 1 aromatic heterocycles. The van der Waals surface area contributed by atoms with Crippen molar-refractivity contribution in [3.8, 4) is 22.8 Å². The van der Waals surface area contributed by atoms with Crippen LogP contribution in [0.3, 0.4) is 0 Å². The molecule has 5 rings (SSSR count). The molecule has 1 saturated carbocycles. The molecule has 1 heterocycles. The highest BCUT2D eigenvalue weighted by atomic mass is 32.2. The van der Waals surface area contributed by atoms with Crippen LogP contribution in [0, 0.1) is 6.92 Å². The summed E-state index contributed by atoms with van der Waals surface area (Å²) in [7, 11) is -1.19. The lowest BCUT2D eigenvalue weighted by Crippen LogP contribution is -2.20. The minimum absolute atomic E-state index is 0.0455. The second-order valence-electron chi connectivity index (χ2n) is 7.94. The zero-order valence-electron chi connectivity index (χ0n) is 17.0. The van der Waals surface area contributed by atoms with Crippen LogP contribution in [0.25, 0.3) is 11.3 Å². The molecule has 2 aliphatic rings. The molecule has 0 bridgehead atoms. The Balaban J connectivity index is 1.60. The van der Waals surface area contributed by atoms with Gasteiger partial charge in [0.2, 0.25) is 0 Å². The third-order valence-electron chi connectivity index (χ3n) is 6.03. The first-order chi connectivity index (χ1) is 14.4. The van der Waals surface area contributed by atoms with E-state index in [9.17, 15) is 8.42 Å². The number of hydrogen-bond acceptors (Lipinski definition) is 6. The predicted octanol–water partition coefficient (Wildman–Crippen LogP) is 4.06. The van der Waals surface area contributed by atoms with Gasteiger partial charge in [0.05, 0.1) is 14.2 Å². The summed E-state index contributed by atoms with van der Waals surface area (Å²) < 4.78 is 45.3. The first-order valence-corrected chi connectivity index (χ1v) is 11.2. The minimum atomic E-state index is -4.03. The zero-order valence-corrected chi connectivity index (χ0v) is 17.8. The van der Waals surface area contributed by atoms with Gasteiger partial charge >= 0.3 is 0 Å². The normalized spacial score (nSPS) is 16.0. The van der Waals surface area contributed by atoms with Gasteiger partial charge in [-0.2, -0.15) is 0 Å². The summed E-state index contributed by atoms with van der Waals surface area (Å²) in [6.07, 6.45) is 2.84. The van der Waals surface area contributed by atoms with Crippen molar-refractivity contribution >= 4 is 15.8 Å². The molecule has 2 aromatic carbocycles. The molecule has 7 nitrogen and oxygen atoms in total. The van der Waals surface area contributed by atoms with Gasteiger partial charge in [-0.1, -0.05) is 28.9 Å². The number of aryl methyl sites for hydroxylation is 1. The number of aromatic nitrogens is 1. The molecule has 0 atom stereocenters. The van der Waals surface area contributed by atoms with E-state index in [0.29, 0.717) is 12.2 Å². The van der Waals surface area contributed by atoms with Crippen molar-refractivity contribution in [2.24, 2.45) is 0 Å². The highest BCUT2D eigenvalue weighted by Gasteiger charge is 2.50. The second kappa shape index (κ2) is 6.50. The molecule has 0 saturated heterocycles. The van der Waals surface area contributed by atoms with Crippen LogP contribution in [-0.4, -0.2) is 27.8 Å². The Hall–Kier alpha value is -3.00. The first-order valence-electron chi connectivity index (χ1n) is 9.72. The third kappa shape index (κ3) is 2.78. The van der Waals surface area contributed by atoms with E-state index in [1.165, 1.54) is 19.8 Å². The Kier molecular flexibility index (Phi) is 4.12. The van der Waals surface area contributed by atoms with Crippen LogP contribution >= 0.6 is 0 Å². The average Bonchev–Trinajstić information content (AvgIpc) is 3.40. The van der Waals surface area contributed by atoms with Gasteiger partial charge in [0.25, 0.3) is 10.0 Å². The van der Waals surface area contributed by atoms with E-state index in [4.69, 9.17) is 14.0 Å². The number of benzene rings is 2. The number of anilines is 1. The van der Waals surface area contributed by atoms with Crippen molar-refractivity contribution in [1.29, 1.82) is 0 Å². The van der Waals surface area contributed by atoms with Gasteiger partial charge in [-0.25, -0.2) is 8.42 Å². The molecule has 30 heavy (non-hydrogen) atoms. The van der Waals surface area contributed by atoms with Gasteiger partial charge < -0.3 is 14.0 Å². The highest BCUT2D eigenvalue weighted by Crippen LogP contribution is 2.58. The number of fused-ring (bicyclic) bond motifs is 4. The number of hydrogen-bond donors (Lipinski definition) is 1. The molecule has 0 aliphatic heterocycles. The highest BCUT2D eigenvalue weighted by molar-refractivity contribution is 7.93. The second-order valence-corrected chi connectivity index (χ2v) is 9.56. The quantitative estimate of drug-likeness (QED) is 0.662. The molecule has 0 amide bonds. The largest absolute Gasteiger partial charge is 0.495 e. The Morgan fingerprint density at radius 2 is 1.80 bits per heavy atom. The fourth-order valence-corrected chi connectivity index (χ4v) is 5.71. The summed E-state index contributed by atoms with van der Waals surface area (Å²) in [6, 6.07) is 11.2. The monoisotopic (exact) mass is 426 g/mol. The van der Waals surface area contributed by atoms with Crippen molar-refractivity contribution in [2.75, 3.05) is 18.9 Å². The van der Waals surface area contributed by atoms with E-state index in [1.54, 1.807) is 18.2 Å². The van der Waals surface area contributed by atoms with Crippen LogP contribution in [0.5, 0.6) is 11.5 Å². The van der Waals surface area contributed by atoms with Gasteiger partial charge in [-0.05, 0) is 49.9 Å². The Labute approximate surface area is 175 Å². The molecule has 0 unspecified atom stereocenters. The summed E-state index contributed by atoms with van der Waals surface area (Å²) in [5.41, 5.74) is 4.22. The fraction of sp³-hybridized carbons (Fsp3) is 0.318. The van der Waals surface area contributed by atoms with E-state index in [0.717, 1.165) is 29.5 Å². The number of nitrogens with one attached hydrogen (secondary N) is 1.